The molecule has 0 aliphatic carbocycles. The number of carbonyl (C=O) groups is 2. The summed E-state index contributed by atoms with van der Waals surface area (Å²) in [6, 6.07) is 5.52. The number of ether oxygens (including phenoxy) is 1. The maximum atomic E-state index is 12.5. The van der Waals surface area contributed by atoms with Crippen molar-refractivity contribution < 1.29 is 14.3 Å². The van der Waals surface area contributed by atoms with Gasteiger partial charge in [0.2, 0.25) is 5.91 Å². The van der Waals surface area contributed by atoms with Gasteiger partial charge in [0.1, 0.15) is 0 Å². The summed E-state index contributed by atoms with van der Waals surface area (Å²) in [5.41, 5.74) is 1.72. The van der Waals surface area contributed by atoms with Crippen molar-refractivity contribution in [3.8, 4) is 0 Å². The number of morpholine rings is 1. The SMILES string of the molecule is Cc1ccc(Cl)cc1NC(=O)CN1CCN(C(=O)N2CCOCC2)CC1. The first-order valence-corrected chi connectivity index (χ1v) is 9.30. The van der Waals surface area contributed by atoms with E-state index in [1.165, 1.54) is 0 Å². The zero-order chi connectivity index (χ0) is 18.5. The van der Waals surface area contributed by atoms with E-state index in [2.05, 4.69) is 10.2 Å². The van der Waals surface area contributed by atoms with E-state index in [9.17, 15) is 9.59 Å². The van der Waals surface area contributed by atoms with Crippen LogP contribution in [0.15, 0.2) is 18.2 Å². The van der Waals surface area contributed by atoms with E-state index in [1.54, 1.807) is 12.1 Å². The number of rotatable bonds is 3. The van der Waals surface area contributed by atoms with Gasteiger partial charge in [0, 0.05) is 50.0 Å². The molecule has 2 fully saturated rings. The second-order valence-electron chi connectivity index (χ2n) is 6.65. The average molecular weight is 381 g/mol. The van der Waals surface area contributed by atoms with E-state index in [4.69, 9.17) is 16.3 Å². The molecular weight excluding hydrogens is 356 g/mol. The Morgan fingerprint density at radius 2 is 1.73 bits per heavy atom. The minimum atomic E-state index is -0.0664. The monoisotopic (exact) mass is 380 g/mol. The molecule has 8 heteroatoms. The Morgan fingerprint density at radius 1 is 1.08 bits per heavy atom. The normalized spacial score (nSPS) is 18.7. The minimum Gasteiger partial charge on any atom is -0.378 e. The van der Waals surface area contributed by atoms with Crippen molar-refractivity contribution in [1.82, 2.24) is 14.7 Å². The summed E-state index contributed by atoms with van der Waals surface area (Å²) < 4.78 is 5.29. The topological polar surface area (TPSA) is 65.1 Å². The van der Waals surface area contributed by atoms with Crippen molar-refractivity contribution in [2.45, 2.75) is 6.92 Å². The molecule has 2 heterocycles. The number of anilines is 1. The molecule has 2 aliphatic rings. The Bertz CT molecular complexity index is 656. The smallest absolute Gasteiger partial charge is 0.320 e. The molecule has 0 unspecified atom stereocenters. The number of halogens is 1. The molecule has 26 heavy (non-hydrogen) atoms. The molecule has 0 saturated carbocycles. The maximum Gasteiger partial charge on any atom is 0.320 e. The molecule has 1 aromatic carbocycles. The number of benzene rings is 1. The number of hydrogen-bond donors (Lipinski definition) is 1. The Hall–Kier alpha value is -1.83. The number of hydrogen-bond acceptors (Lipinski definition) is 4. The third kappa shape index (κ3) is 4.87. The average Bonchev–Trinajstić information content (AvgIpc) is 2.65. The number of piperazine rings is 1. The van der Waals surface area contributed by atoms with Crippen LogP contribution in [0.4, 0.5) is 10.5 Å². The van der Waals surface area contributed by atoms with E-state index < -0.39 is 0 Å². The fourth-order valence-electron chi connectivity index (χ4n) is 3.17. The molecule has 1 aromatic rings. The Labute approximate surface area is 158 Å². The maximum absolute atomic E-state index is 12.5. The highest BCUT2D eigenvalue weighted by atomic mass is 35.5. The fraction of sp³-hybridized carbons (Fsp3) is 0.556. The van der Waals surface area contributed by atoms with Gasteiger partial charge in [0.05, 0.1) is 19.8 Å². The van der Waals surface area contributed by atoms with Gasteiger partial charge in [-0.15, -0.1) is 0 Å². The molecule has 0 radical (unpaired) electrons. The van der Waals surface area contributed by atoms with Crippen LogP contribution in [0.3, 0.4) is 0 Å². The van der Waals surface area contributed by atoms with Crippen molar-refractivity contribution in [1.29, 1.82) is 0 Å². The van der Waals surface area contributed by atoms with E-state index in [0.29, 0.717) is 64.0 Å². The third-order valence-electron chi connectivity index (χ3n) is 4.77. The van der Waals surface area contributed by atoms with Gasteiger partial charge in [-0.05, 0) is 24.6 Å². The summed E-state index contributed by atoms with van der Waals surface area (Å²) in [4.78, 5) is 30.6. The van der Waals surface area contributed by atoms with Crippen LogP contribution in [0.1, 0.15) is 5.56 Å². The molecule has 0 spiro atoms. The van der Waals surface area contributed by atoms with Crippen molar-refractivity contribution in [3.63, 3.8) is 0 Å². The van der Waals surface area contributed by atoms with Gasteiger partial charge in [-0.2, -0.15) is 0 Å². The number of nitrogens with zero attached hydrogens (tertiary/aromatic N) is 3. The summed E-state index contributed by atoms with van der Waals surface area (Å²) in [5, 5.41) is 3.51. The van der Waals surface area contributed by atoms with Gasteiger partial charge in [-0.1, -0.05) is 17.7 Å². The van der Waals surface area contributed by atoms with E-state index in [-0.39, 0.29) is 11.9 Å². The number of carbonyl (C=O) groups excluding carboxylic acids is 2. The van der Waals surface area contributed by atoms with Crippen LogP contribution in [0, 0.1) is 6.92 Å². The predicted molar refractivity (Wildman–Crippen MR) is 101 cm³/mol. The summed E-state index contributed by atoms with van der Waals surface area (Å²) in [6.07, 6.45) is 0. The van der Waals surface area contributed by atoms with E-state index in [1.807, 2.05) is 22.8 Å². The summed E-state index contributed by atoms with van der Waals surface area (Å²) in [5.74, 6) is -0.0664. The second kappa shape index (κ2) is 8.70. The molecule has 2 aliphatic heterocycles. The molecule has 2 saturated heterocycles. The van der Waals surface area contributed by atoms with Crippen molar-refractivity contribution in [2.24, 2.45) is 0 Å². The molecule has 1 N–H and O–H groups in total. The number of urea groups is 1. The molecule has 0 atom stereocenters. The number of aryl methyl sites for hydroxylation is 1. The second-order valence-corrected chi connectivity index (χ2v) is 7.09. The van der Waals surface area contributed by atoms with Gasteiger partial charge in [0.25, 0.3) is 0 Å². The first-order valence-electron chi connectivity index (χ1n) is 8.93. The summed E-state index contributed by atoms with van der Waals surface area (Å²) in [7, 11) is 0. The van der Waals surface area contributed by atoms with Gasteiger partial charge in [0.15, 0.2) is 0 Å². The minimum absolute atomic E-state index is 0.0664. The number of nitrogens with one attached hydrogen (secondary N) is 1. The molecule has 3 amide bonds. The lowest BCUT2D eigenvalue weighted by atomic mass is 10.2. The fourth-order valence-corrected chi connectivity index (χ4v) is 3.35. The molecule has 7 nitrogen and oxygen atoms in total. The van der Waals surface area contributed by atoms with Gasteiger partial charge >= 0.3 is 6.03 Å². The molecular formula is C18H25ClN4O3. The van der Waals surface area contributed by atoms with Gasteiger partial charge < -0.3 is 19.9 Å². The molecule has 3 rings (SSSR count). The largest absolute Gasteiger partial charge is 0.378 e. The van der Waals surface area contributed by atoms with Crippen LogP contribution in [0.2, 0.25) is 5.02 Å². The molecule has 0 bridgehead atoms. The van der Waals surface area contributed by atoms with Gasteiger partial charge in [-0.25, -0.2) is 4.79 Å². The highest BCUT2D eigenvalue weighted by molar-refractivity contribution is 6.31. The molecule has 142 valence electrons. The lowest BCUT2D eigenvalue weighted by Crippen LogP contribution is -2.55. The van der Waals surface area contributed by atoms with E-state index >= 15 is 0 Å². The standard InChI is InChI=1S/C18H25ClN4O3/c1-14-2-3-15(19)12-16(14)20-17(24)13-21-4-6-22(7-5-21)18(25)23-8-10-26-11-9-23/h2-3,12H,4-11,13H2,1H3,(H,20,24). The third-order valence-corrected chi connectivity index (χ3v) is 5.00. The lowest BCUT2D eigenvalue weighted by molar-refractivity contribution is -0.117. The van der Waals surface area contributed by atoms with Crippen molar-refractivity contribution >= 4 is 29.2 Å². The zero-order valence-corrected chi connectivity index (χ0v) is 15.8. The predicted octanol–water partition coefficient (Wildman–Crippen LogP) is 1.66. The van der Waals surface area contributed by atoms with Crippen LogP contribution >= 0.6 is 11.6 Å². The van der Waals surface area contributed by atoms with E-state index in [0.717, 1.165) is 11.3 Å². The van der Waals surface area contributed by atoms with Crippen LogP contribution in [-0.2, 0) is 9.53 Å². The first-order chi connectivity index (χ1) is 12.5. The van der Waals surface area contributed by atoms with Crippen LogP contribution in [-0.4, -0.2) is 85.7 Å². The quantitative estimate of drug-likeness (QED) is 0.866. The van der Waals surface area contributed by atoms with Crippen molar-refractivity contribution in [2.75, 3.05) is 64.3 Å². The highest BCUT2D eigenvalue weighted by Crippen LogP contribution is 2.20. The summed E-state index contributed by atoms with van der Waals surface area (Å²) >= 11 is 5.99. The molecule has 0 aromatic heterocycles. The first kappa shape index (κ1) is 18.9. The van der Waals surface area contributed by atoms with Crippen molar-refractivity contribution in [3.05, 3.63) is 28.8 Å². The Morgan fingerprint density at radius 3 is 2.42 bits per heavy atom. The zero-order valence-electron chi connectivity index (χ0n) is 15.0. The van der Waals surface area contributed by atoms with Crippen LogP contribution in [0.5, 0.6) is 0 Å². The van der Waals surface area contributed by atoms with Crippen LogP contribution in [0.25, 0.3) is 0 Å². The van der Waals surface area contributed by atoms with Gasteiger partial charge in [-0.3, -0.25) is 9.69 Å². The summed E-state index contributed by atoms with van der Waals surface area (Å²) in [6.45, 7) is 7.42. The Kier molecular flexibility index (Phi) is 6.34. The highest BCUT2D eigenvalue weighted by Gasteiger charge is 2.27. The number of amides is 3. The lowest BCUT2D eigenvalue weighted by Gasteiger charge is -2.38. The van der Waals surface area contributed by atoms with Crippen LogP contribution < -0.4 is 5.32 Å². The Balaban J connectivity index is 1.45.